The molecule has 1 aliphatic rings. The molecule has 1 aliphatic heterocycles. The lowest BCUT2D eigenvalue weighted by molar-refractivity contribution is -0.128. The Labute approximate surface area is 92.5 Å². The van der Waals surface area contributed by atoms with E-state index in [1.54, 1.807) is 6.07 Å². The molecule has 0 radical (unpaired) electrons. The third-order valence-corrected chi connectivity index (χ3v) is 2.70. The largest absolute Gasteiger partial charge is 0.398 e. The Morgan fingerprint density at radius 2 is 2.31 bits per heavy atom. The van der Waals surface area contributed by atoms with E-state index in [1.165, 1.54) is 17.0 Å². The van der Waals surface area contributed by atoms with Gasteiger partial charge in [-0.1, -0.05) is 6.07 Å². The van der Waals surface area contributed by atoms with E-state index in [-0.39, 0.29) is 25.4 Å². The quantitative estimate of drug-likeness (QED) is 0.719. The molecular formula is C11H13FN2O2. The molecule has 16 heavy (non-hydrogen) atoms. The molecule has 1 atom stereocenters. The maximum absolute atomic E-state index is 13.4. The Morgan fingerprint density at radius 3 is 2.88 bits per heavy atom. The molecule has 0 aromatic heterocycles. The van der Waals surface area contributed by atoms with Gasteiger partial charge in [0.15, 0.2) is 0 Å². The van der Waals surface area contributed by atoms with Gasteiger partial charge in [0.1, 0.15) is 5.82 Å². The first-order chi connectivity index (χ1) is 7.58. The molecule has 1 fully saturated rings. The van der Waals surface area contributed by atoms with Crippen LogP contribution in [0.4, 0.5) is 10.1 Å². The summed E-state index contributed by atoms with van der Waals surface area (Å²) < 4.78 is 13.4. The van der Waals surface area contributed by atoms with Gasteiger partial charge in [0.05, 0.1) is 19.1 Å². The summed E-state index contributed by atoms with van der Waals surface area (Å²) in [4.78, 5) is 12.8. The van der Waals surface area contributed by atoms with Crippen LogP contribution in [-0.4, -0.2) is 28.6 Å². The van der Waals surface area contributed by atoms with Gasteiger partial charge in [-0.15, -0.1) is 0 Å². The van der Waals surface area contributed by atoms with Crippen molar-refractivity contribution in [2.45, 2.75) is 19.1 Å². The zero-order valence-electron chi connectivity index (χ0n) is 8.69. The highest BCUT2D eigenvalue weighted by molar-refractivity contribution is 5.79. The number of rotatable bonds is 2. The van der Waals surface area contributed by atoms with Crippen molar-refractivity contribution in [2.75, 3.05) is 12.3 Å². The highest BCUT2D eigenvalue weighted by Gasteiger charge is 2.28. The normalized spacial score (nSPS) is 20.5. The maximum atomic E-state index is 13.4. The van der Waals surface area contributed by atoms with Crippen molar-refractivity contribution in [1.29, 1.82) is 0 Å². The summed E-state index contributed by atoms with van der Waals surface area (Å²) in [7, 11) is 0. The fraction of sp³-hybridized carbons (Fsp3) is 0.364. The standard InChI is InChI=1S/C11H13FN2O2/c12-9-2-1-3-10(13)8(9)6-14-5-7(15)4-11(14)16/h1-3,7,15H,4-6,13H2. The molecule has 2 rings (SSSR count). The minimum absolute atomic E-state index is 0.106. The van der Waals surface area contributed by atoms with Gasteiger partial charge in [0.2, 0.25) is 5.91 Å². The number of halogens is 1. The SMILES string of the molecule is Nc1cccc(F)c1CN1CC(O)CC1=O. The lowest BCUT2D eigenvalue weighted by Crippen LogP contribution is -2.26. The topological polar surface area (TPSA) is 66.6 Å². The van der Waals surface area contributed by atoms with E-state index in [4.69, 9.17) is 5.73 Å². The number of benzene rings is 1. The van der Waals surface area contributed by atoms with Crippen molar-refractivity contribution in [3.05, 3.63) is 29.6 Å². The number of nitrogens with two attached hydrogens (primary N) is 1. The molecule has 0 spiro atoms. The second kappa shape index (κ2) is 4.09. The summed E-state index contributed by atoms with van der Waals surface area (Å²) >= 11 is 0. The molecule has 1 aromatic carbocycles. The summed E-state index contributed by atoms with van der Waals surface area (Å²) in [5.74, 6) is -0.593. The molecular weight excluding hydrogens is 211 g/mol. The van der Waals surface area contributed by atoms with Crippen LogP contribution in [0.15, 0.2) is 18.2 Å². The number of hydrogen-bond donors (Lipinski definition) is 2. The van der Waals surface area contributed by atoms with Gasteiger partial charge < -0.3 is 15.7 Å². The number of amides is 1. The Hall–Kier alpha value is -1.62. The number of nitrogen functional groups attached to an aromatic ring is 1. The number of anilines is 1. The molecule has 0 aliphatic carbocycles. The van der Waals surface area contributed by atoms with Crippen LogP contribution in [0.25, 0.3) is 0 Å². The molecule has 1 heterocycles. The van der Waals surface area contributed by atoms with E-state index in [9.17, 15) is 14.3 Å². The smallest absolute Gasteiger partial charge is 0.225 e. The molecule has 1 saturated heterocycles. The Bertz CT molecular complexity index is 402. The van der Waals surface area contributed by atoms with Crippen molar-refractivity contribution in [3.63, 3.8) is 0 Å². The van der Waals surface area contributed by atoms with Crippen LogP contribution >= 0.6 is 0 Å². The Morgan fingerprint density at radius 1 is 1.56 bits per heavy atom. The number of carbonyl (C=O) groups is 1. The summed E-state index contributed by atoms with van der Waals surface area (Å²) in [5.41, 5.74) is 6.28. The Kier molecular flexibility index (Phi) is 2.78. The Balaban J connectivity index is 2.18. The number of likely N-dealkylation sites (tertiary alicyclic amines) is 1. The van der Waals surface area contributed by atoms with Crippen LogP contribution in [0.3, 0.4) is 0 Å². The molecule has 3 N–H and O–H groups in total. The summed E-state index contributed by atoms with van der Waals surface area (Å²) in [6.07, 6.45) is -0.547. The molecule has 5 heteroatoms. The van der Waals surface area contributed by atoms with Crippen molar-refractivity contribution in [2.24, 2.45) is 0 Å². The van der Waals surface area contributed by atoms with Crippen molar-refractivity contribution < 1.29 is 14.3 Å². The predicted molar refractivity (Wildman–Crippen MR) is 56.9 cm³/mol. The van der Waals surface area contributed by atoms with Crippen molar-refractivity contribution >= 4 is 11.6 Å². The van der Waals surface area contributed by atoms with Crippen LogP contribution in [0.2, 0.25) is 0 Å². The highest BCUT2D eigenvalue weighted by Crippen LogP contribution is 2.21. The predicted octanol–water partition coefficient (Wildman–Crippen LogP) is 0.501. The van der Waals surface area contributed by atoms with Gasteiger partial charge in [-0.3, -0.25) is 4.79 Å². The van der Waals surface area contributed by atoms with Gasteiger partial charge in [0.25, 0.3) is 0 Å². The zero-order valence-corrected chi connectivity index (χ0v) is 8.69. The van der Waals surface area contributed by atoms with E-state index in [0.29, 0.717) is 11.3 Å². The second-order valence-corrected chi connectivity index (χ2v) is 3.94. The number of β-amino-alcohol motifs (C(OH)–C–C–N with tert-alkyl or cyclic N) is 1. The fourth-order valence-electron chi connectivity index (χ4n) is 1.84. The minimum Gasteiger partial charge on any atom is -0.398 e. The summed E-state index contributed by atoms with van der Waals surface area (Å²) in [6.45, 7) is 0.362. The summed E-state index contributed by atoms with van der Waals surface area (Å²) in [6, 6.07) is 4.42. The maximum Gasteiger partial charge on any atom is 0.225 e. The monoisotopic (exact) mass is 224 g/mol. The lowest BCUT2D eigenvalue weighted by atomic mass is 10.1. The van der Waals surface area contributed by atoms with E-state index >= 15 is 0 Å². The number of aliphatic hydroxyl groups excluding tert-OH is 1. The first-order valence-corrected chi connectivity index (χ1v) is 5.06. The van der Waals surface area contributed by atoms with E-state index < -0.39 is 11.9 Å². The van der Waals surface area contributed by atoms with Gasteiger partial charge in [-0.25, -0.2) is 4.39 Å². The van der Waals surface area contributed by atoms with E-state index in [2.05, 4.69) is 0 Å². The number of aliphatic hydroxyl groups is 1. The fourth-order valence-corrected chi connectivity index (χ4v) is 1.84. The average Bonchev–Trinajstić information content (AvgIpc) is 2.51. The first kappa shape index (κ1) is 10.9. The molecule has 1 unspecified atom stereocenters. The van der Waals surface area contributed by atoms with Crippen LogP contribution in [-0.2, 0) is 11.3 Å². The highest BCUT2D eigenvalue weighted by atomic mass is 19.1. The van der Waals surface area contributed by atoms with Gasteiger partial charge in [0, 0.05) is 17.8 Å². The minimum atomic E-state index is -0.652. The third-order valence-electron chi connectivity index (χ3n) is 2.70. The van der Waals surface area contributed by atoms with Gasteiger partial charge in [-0.2, -0.15) is 0 Å². The third kappa shape index (κ3) is 1.99. The van der Waals surface area contributed by atoms with Crippen molar-refractivity contribution in [1.82, 2.24) is 4.90 Å². The van der Waals surface area contributed by atoms with Crippen LogP contribution in [0, 0.1) is 5.82 Å². The van der Waals surface area contributed by atoms with Crippen LogP contribution in [0.5, 0.6) is 0 Å². The van der Waals surface area contributed by atoms with E-state index in [1.807, 2.05) is 0 Å². The average molecular weight is 224 g/mol. The van der Waals surface area contributed by atoms with Gasteiger partial charge in [-0.05, 0) is 12.1 Å². The zero-order chi connectivity index (χ0) is 11.7. The molecule has 4 nitrogen and oxygen atoms in total. The molecule has 86 valence electrons. The second-order valence-electron chi connectivity index (χ2n) is 3.94. The first-order valence-electron chi connectivity index (χ1n) is 5.06. The molecule has 1 amide bonds. The molecule has 1 aromatic rings. The number of carbonyl (C=O) groups excluding carboxylic acids is 1. The molecule has 0 bridgehead atoms. The lowest BCUT2D eigenvalue weighted by Gasteiger charge is -2.17. The van der Waals surface area contributed by atoms with Crippen LogP contribution in [0.1, 0.15) is 12.0 Å². The van der Waals surface area contributed by atoms with Crippen LogP contribution < -0.4 is 5.73 Å². The number of hydrogen-bond acceptors (Lipinski definition) is 3. The van der Waals surface area contributed by atoms with Crippen molar-refractivity contribution in [3.8, 4) is 0 Å². The van der Waals surface area contributed by atoms with Gasteiger partial charge >= 0.3 is 0 Å². The molecule has 0 saturated carbocycles. The summed E-state index contributed by atoms with van der Waals surface area (Å²) in [5, 5.41) is 9.30. The van der Waals surface area contributed by atoms with E-state index in [0.717, 1.165) is 0 Å². The number of nitrogens with zero attached hydrogens (tertiary/aromatic N) is 1.